The fourth-order valence-corrected chi connectivity index (χ4v) is 3.88. The van der Waals surface area contributed by atoms with Gasteiger partial charge in [-0.05, 0) is 63.9 Å². The maximum atomic E-state index is 13.4. The Balaban J connectivity index is 2.05. The number of nitrogens with one attached hydrogen (secondary N) is 2. The van der Waals surface area contributed by atoms with Gasteiger partial charge >= 0.3 is 0 Å². The van der Waals surface area contributed by atoms with Crippen LogP contribution in [0.1, 0.15) is 51.9 Å². The molecule has 0 aliphatic carbocycles. The number of piperidine rings is 1. The molecule has 1 atom stereocenters. The molecule has 0 aromatic heterocycles. The minimum absolute atomic E-state index is 0.0301. The molecule has 6 nitrogen and oxygen atoms in total. The molecule has 30 heavy (non-hydrogen) atoms. The predicted molar refractivity (Wildman–Crippen MR) is 116 cm³/mol. The van der Waals surface area contributed by atoms with Crippen LogP contribution in [-0.2, 0) is 14.4 Å². The zero-order chi connectivity index (χ0) is 22.1. The number of ketones is 1. The number of likely N-dealkylation sites (N-methyl/N-ethyl adjacent to an activating group) is 1. The van der Waals surface area contributed by atoms with E-state index in [0.717, 1.165) is 45.2 Å². The molecule has 1 saturated heterocycles. The molecule has 1 fully saturated rings. The number of rotatable bonds is 10. The summed E-state index contributed by atoms with van der Waals surface area (Å²) in [5, 5.41) is 5.92. The average molecular weight is 440 g/mol. The third-order valence-electron chi connectivity index (χ3n) is 5.50. The number of benzene rings is 1. The first-order chi connectivity index (χ1) is 14.3. The standard InChI is InChI=1S/C22H31ClFN3O3/c1-15(28)6-4-3-5-7-20(27(2)22(30)16-10-12-25-13-11-16)21(29)26-17-8-9-19(24)18(23)14-17/h8-9,14,16,20,25H,3-7,10-13H2,1-2H3,(H,26,29)/t20-/m0/s1. The van der Waals surface area contributed by atoms with Gasteiger partial charge in [-0.15, -0.1) is 0 Å². The Labute approximate surface area is 182 Å². The van der Waals surface area contributed by atoms with Crippen LogP contribution in [0, 0.1) is 11.7 Å². The molecule has 0 bridgehead atoms. The van der Waals surface area contributed by atoms with Crippen LogP contribution in [-0.4, -0.2) is 48.7 Å². The average Bonchev–Trinajstić information content (AvgIpc) is 2.72. The Morgan fingerprint density at radius 3 is 2.57 bits per heavy atom. The summed E-state index contributed by atoms with van der Waals surface area (Å²) < 4.78 is 13.4. The number of carbonyl (C=O) groups excluding carboxylic acids is 3. The van der Waals surface area contributed by atoms with E-state index >= 15 is 0 Å². The van der Waals surface area contributed by atoms with E-state index in [1.807, 2.05) is 0 Å². The molecule has 1 aliphatic heterocycles. The van der Waals surface area contributed by atoms with Crippen molar-refractivity contribution in [2.75, 3.05) is 25.5 Å². The number of hydrogen-bond acceptors (Lipinski definition) is 4. The highest BCUT2D eigenvalue weighted by molar-refractivity contribution is 6.31. The van der Waals surface area contributed by atoms with Gasteiger partial charge in [-0.25, -0.2) is 4.39 Å². The van der Waals surface area contributed by atoms with Crippen molar-refractivity contribution >= 4 is 34.9 Å². The highest BCUT2D eigenvalue weighted by atomic mass is 35.5. The number of hydrogen-bond donors (Lipinski definition) is 2. The second kappa shape index (κ2) is 12.0. The topological polar surface area (TPSA) is 78.5 Å². The normalized spacial score (nSPS) is 15.5. The van der Waals surface area contributed by atoms with Crippen LogP contribution in [0.2, 0.25) is 5.02 Å². The molecule has 2 amide bonds. The third kappa shape index (κ3) is 7.36. The van der Waals surface area contributed by atoms with Crippen LogP contribution < -0.4 is 10.6 Å². The summed E-state index contributed by atoms with van der Waals surface area (Å²) in [5.41, 5.74) is 0.385. The Bertz CT molecular complexity index is 753. The number of halogens is 2. The van der Waals surface area contributed by atoms with E-state index in [2.05, 4.69) is 10.6 Å². The largest absolute Gasteiger partial charge is 0.333 e. The molecule has 1 aliphatic rings. The van der Waals surface area contributed by atoms with Gasteiger partial charge < -0.3 is 20.3 Å². The lowest BCUT2D eigenvalue weighted by atomic mass is 9.95. The molecule has 0 radical (unpaired) electrons. The fourth-order valence-electron chi connectivity index (χ4n) is 3.70. The van der Waals surface area contributed by atoms with Crippen LogP contribution in [0.4, 0.5) is 10.1 Å². The van der Waals surface area contributed by atoms with Crippen molar-refractivity contribution in [3.05, 3.63) is 29.0 Å². The van der Waals surface area contributed by atoms with Crippen LogP contribution >= 0.6 is 11.6 Å². The van der Waals surface area contributed by atoms with Gasteiger partial charge in [-0.3, -0.25) is 9.59 Å². The zero-order valence-corrected chi connectivity index (χ0v) is 18.4. The maximum Gasteiger partial charge on any atom is 0.247 e. The van der Waals surface area contributed by atoms with E-state index in [1.165, 1.54) is 18.2 Å². The van der Waals surface area contributed by atoms with Crippen LogP contribution in [0.5, 0.6) is 0 Å². The quantitative estimate of drug-likeness (QED) is 0.544. The van der Waals surface area contributed by atoms with Gasteiger partial charge in [0.25, 0.3) is 0 Å². The van der Waals surface area contributed by atoms with Gasteiger partial charge in [0, 0.05) is 25.1 Å². The molecule has 1 aromatic rings. The SMILES string of the molecule is CC(=O)CCCCC[C@@H](C(=O)Nc1ccc(F)c(Cl)c1)N(C)C(=O)C1CCNCC1. The van der Waals surface area contributed by atoms with Crippen LogP contribution in [0.3, 0.4) is 0 Å². The van der Waals surface area contributed by atoms with Crippen molar-refractivity contribution in [1.29, 1.82) is 0 Å². The zero-order valence-electron chi connectivity index (χ0n) is 17.7. The van der Waals surface area contributed by atoms with Crippen LogP contribution in [0.15, 0.2) is 18.2 Å². The molecule has 0 saturated carbocycles. The second-order valence-corrected chi connectivity index (χ2v) is 8.32. The molecule has 2 rings (SSSR count). The summed E-state index contributed by atoms with van der Waals surface area (Å²) in [5.74, 6) is -0.860. The van der Waals surface area contributed by atoms with Crippen molar-refractivity contribution in [1.82, 2.24) is 10.2 Å². The molecular formula is C22H31ClFN3O3. The number of carbonyl (C=O) groups is 3. The first-order valence-electron chi connectivity index (χ1n) is 10.5. The highest BCUT2D eigenvalue weighted by Gasteiger charge is 2.31. The van der Waals surface area contributed by atoms with E-state index in [-0.39, 0.29) is 28.5 Å². The van der Waals surface area contributed by atoms with E-state index in [4.69, 9.17) is 11.6 Å². The van der Waals surface area contributed by atoms with E-state index < -0.39 is 11.9 Å². The molecule has 1 heterocycles. The van der Waals surface area contributed by atoms with E-state index in [1.54, 1.807) is 18.9 Å². The highest BCUT2D eigenvalue weighted by Crippen LogP contribution is 2.22. The Morgan fingerprint density at radius 1 is 1.23 bits per heavy atom. The number of anilines is 1. The monoisotopic (exact) mass is 439 g/mol. The first kappa shape index (κ1) is 24.3. The molecule has 8 heteroatoms. The van der Waals surface area contributed by atoms with Crippen LogP contribution in [0.25, 0.3) is 0 Å². The van der Waals surface area contributed by atoms with Gasteiger partial charge in [-0.1, -0.05) is 24.4 Å². The molecule has 2 N–H and O–H groups in total. The maximum absolute atomic E-state index is 13.4. The lowest BCUT2D eigenvalue weighted by Crippen LogP contribution is -2.48. The lowest BCUT2D eigenvalue weighted by molar-refractivity contribution is -0.141. The summed E-state index contributed by atoms with van der Waals surface area (Å²) in [6.07, 6.45) is 4.82. The molecule has 1 aromatic carbocycles. The molecular weight excluding hydrogens is 409 g/mol. The first-order valence-corrected chi connectivity index (χ1v) is 10.9. The van der Waals surface area contributed by atoms with E-state index in [0.29, 0.717) is 18.5 Å². The summed E-state index contributed by atoms with van der Waals surface area (Å²) in [7, 11) is 1.67. The third-order valence-corrected chi connectivity index (χ3v) is 5.79. The molecule has 0 unspecified atom stereocenters. The lowest BCUT2D eigenvalue weighted by Gasteiger charge is -2.32. The van der Waals surface area contributed by atoms with Gasteiger partial charge in [-0.2, -0.15) is 0 Å². The van der Waals surface area contributed by atoms with Crippen molar-refractivity contribution in [3.63, 3.8) is 0 Å². The number of unbranched alkanes of at least 4 members (excludes halogenated alkanes) is 2. The van der Waals surface area contributed by atoms with E-state index in [9.17, 15) is 18.8 Å². The summed E-state index contributed by atoms with van der Waals surface area (Å²) in [4.78, 5) is 38.6. The minimum atomic E-state index is -0.645. The van der Waals surface area contributed by atoms with Crippen molar-refractivity contribution < 1.29 is 18.8 Å². The van der Waals surface area contributed by atoms with Gasteiger partial charge in [0.2, 0.25) is 11.8 Å². The van der Waals surface area contributed by atoms with Gasteiger partial charge in [0.15, 0.2) is 0 Å². The van der Waals surface area contributed by atoms with Crippen molar-refractivity contribution in [2.45, 2.75) is 57.9 Å². The van der Waals surface area contributed by atoms with Crippen molar-refractivity contribution in [2.24, 2.45) is 5.92 Å². The Morgan fingerprint density at radius 2 is 1.93 bits per heavy atom. The summed E-state index contributed by atoms with van der Waals surface area (Å²) in [6, 6.07) is 3.34. The summed E-state index contributed by atoms with van der Waals surface area (Å²) in [6.45, 7) is 3.15. The molecule has 166 valence electrons. The van der Waals surface area contributed by atoms with Gasteiger partial charge in [0.05, 0.1) is 5.02 Å². The number of amides is 2. The minimum Gasteiger partial charge on any atom is -0.333 e. The van der Waals surface area contributed by atoms with Gasteiger partial charge in [0.1, 0.15) is 17.6 Å². The Hall–Kier alpha value is -1.99. The fraction of sp³-hybridized carbons (Fsp3) is 0.591. The molecule has 0 spiro atoms. The predicted octanol–water partition coefficient (Wildman–Crippen LogP) is 3.78. The smallest absolute Gasteiger partial charge is 0.247 e. The Kier molecular flexibility index (Phi) is 9.72. The number of Topliss-reactive ketones (excluding diaryl/α,β-unsaturated/α-hetero) is 1. The van der Waals surface area contributed by atoms with Crippen molar-refractivity contribution in [3.8, 4) is 0 Å². The second-order valence-electron chi connectivity index (χ2n) is 7.91. The number of nitrogens with zero attached hydrogens (tertiary/aromatic N) is 1. The summed E-state index contributed by atoms with van der Waals surface area (Å²) >= 11 is 5.81.